The van der Waals surface area contributed by atoms with Gasteiger partial charge in [-0.25, -0.2) is 19.7 Å². The van der Waals surface area contributed by atoms with Crippen LogP contribution in [0.1, 0.15) is 31.9 Å². The third-order valence-corrected chi connectivity index (χ3v) is 9.22. The molecule has 2 aromatic rings. The summed E-state index contributed by atoms with van der Waals surface area (Å²) < 4.78 is 17.2. The molecule has 38 heavy (non-hydrogen) atoms. The van der Waals surface area contributed by atoms with E-state index in [9.17, 15) is 9.90 Å². The maximum absolute atomic E-state index is 11.2. The first-order chi connectivity index (χ1) is 18.4. The van der Waals surface area contributed by atoms with Crippen LogP contribution in [0.15, 0.2) is 28.4 Å². The van der Waals surface area contributed by atoms with Gasteiger partial charge in [0, 0.05) is 37.2 Å². The van der Waals surface area contributed by atoms with Crippen LogP contribution in [0.4, 0.5) is 16.4 Å². The van der Waals surface area contributed by atoms with Gasteiger partial charge < -0.3 is 40.6 Å². The molecule has 12 nitrogen and oxygen atoms in total. The van der Waals surface area contributed by atoms with Gasteiger partial charge in [-0.2, -0.15) is 0 Å². The molecule has 0 bridgehead atoms. The van der Waals surface area contributed by atoms with E-state index in [1.807, 2.05) is 13.0 Å². The third-order valence-electron chi connectivity index (χ3n) is 8.27. The largest absolute Gasteiger partial charge is 0.486 e. The number of aliphatic hydroxyl groups is 1. The minimum atomic E-state index is -0.773. The van der Waals surface area contributed by atoms with Gasteiger partial charge in [0.1, 0.15) is 23.4 Å². The monoisotopic (exact) mass is 543 g/mol. The Morgan fingerprint density at radius 2 is 2.13 bits per heavy atom. The number of aromatic nitrogens is 3. The molecule has 0 aliphatic carbocycles. The number of carbonyl (C=O) groups excluding carboxylic acids is 1. The first-order valence-electron chi connectivity index (χ1n) is 13.0. The lowest BCUT2D eigenvalue weighted by Crippen LogP contribution is -2.51. The van der Waals surface area contributed by atoms with Crippen LogP contribution in [0.2, 0.25) is 0 Å². The molecule has 6 rings (SSSR count). The topological polar surface area (TPSA) is 162 Å². The number of nitrogens with two attached hydrogens (primary N) is 2. The molecule has 0 radical (unpaired) electrons. The van der Waals surface area contributed by atoms with Crippen LogP contribution in [0.3, 0.4) is 0 Å². The van der Waals surface area contributed by atoms with E-state index in [1.54, 1.807) is 12.4 Å². The summed E-state index contributed by atoms with van der Waals surface area (Å²) in [6.45, 7) is 5.10. The Hall–Kier alpha value is -2.87. The van der Waals surface area contributed by atoms with Gasteiger partial charge in [-0.1, -0.05) is 11.8 Å². The van der Waals surface area contributed by atoms with Crippen molar-refractivity contribution in [1.29, 1.82) is 0 Å². The number of pyridine rings is 1. The lowest BCUT2D eigenvalue weighted by Gasteiger charge is -2.41. The number of ether oxygens (including phenoxy) is 3. The summed E-state index contributed by atoms with van der Waals surface area (Å²) in [6.07, 6.45) is 4.96. The zero-order valence-electron chi connectivity index (χ0n) is 21.3. The second kappa shape index (κ2) is 10.0. The van der Waals surface area contributed by atoms with Crippen molar-refractivity contribution in [2.75, 3.05) is 42.6 Å². The summed E-state index contributed by atoms with van der Waals surface area (Å²) in [5, 5.41) is 10.8. The summed E-state index contributed by atoms with van der Waals surface area (Å²) in [5.41, 5.74) is 12.2. The minimum absolute atomic E-state index is 0.0132. The molecule has 0 aromatic carbocycles. The molecule has 13 heteroatoms. The Kier molecular flexibility index (Phi) is 6.70. The van der Waals surface area contributed by atoms with E-state index in [2.05, 4.69) is 14.8 Å². The van der Waals surface area contributed by atoms with Crippen molar-refractivity contribution in [2.45, 2.75) is 67.0 Å². The van der Waals surface area contributed by atoms with E-state index < -0.39 is 6.09 Å². The van der Waals surface area contributed by atoms with E-state index in [0.717, 1.165) is 30.8 Å². The van der Waals surface area contributed by atoms with Gasteiger partial charge in [0.2, 0.25) is 0 Å². The maximum Gasteiger partial charge on any atom is 0.404 e. The third kappa shape index (κ3) is 4.51. The van der Waals surface area contributed by atoms with Gasteiger partial charge in [-0.3, -0.25) is 0 Å². The number of primary amides is 1. The van der Waals surface area contributed by atoms with E-state index in [-0.39, 0.29) is 36.3 Å². The Balaban J connectivity index is 1.17. The van der Waals surface area contributed by atoms with Crippen molar-refractivity contribution in [3.63, 3.8) is 0 Å². The van der Waals surface area contributed by atoms with Crippen LogP contribution in [0, 0.1) is 5.41 Å². The molecule has 4 aliphatic rings. The molecule has 3 saturated heterocycles. The smallest absolute Gasteiger partial charge is 0.404 e. The molecule has 1 amide bonds. The van der Waals surface area contributed by atoms with Gasteiger partial charge in [0.05, 0.1) is 43.0 Å². The van der Waals surface area contributed by atoms with Gasteiger partial charge in [-0.05, 0) is 25.8 Å². The molecule has 4 atom stereocenters. The number of nitrogens with zero attached hydrogens (tertiary/aromatic N) is 5. The maximum atomic E-state index is 11.2. The summed E-state index contributed by atoms with van der Waals surface area (Å²) in [6, 6.07) is 1.98. The number of piperidine rings is 1. The van der Waals surface area contributed by atoms with Crippen LogP contribution >= 0.6 is 11.8 Å². The van der Waals surface area contributed by atoms with Crippen LogP contribution < -0.4 is 26.0 Å². The molecular formula is C25H33N7O5S. The fraction of sp³-hybridized carbons (Fsp3) is 0.600. The van der Waals surface area contributed by atoms with Crippen molar-refractivity contribution in [3.8, 4) is 5.75 Å². The summed E-state index contributed by atoms with van der Waals surface area (Å²) in [5.74, 6) is 2.08. The van der Waals surface area contributed by atoms with Crippen LogP contribution in [0.25, 0.3) is 0 Å². The first kappa shape index (κ1) is 25.4. The Morgan fingerprint density at radius 3 is 2.84 bits per heavy atom. The van der Waals surface area contributed by atoms with Gasteiger partial charge in [0.25, 0.3) is 0 Å². The second-order valence-corrected chi connectivity index (χ2v) is 11.6. The number of hydrogen-bond acceptors (Lipinski definition) is 12. The highest BCUT2D eigenvalue weighted by atomic mass is 32.2. The highest BCUT2D eigenvalue weighted by Gasteiger charge is 2.48. The summed E-state index contributed by atoms with van der Waals surface area (Å²) in [7, 11) is 0. The van der Waals surface area contributed by atoms with Gasteiger partial charge >= 0.3 is 6.09 Å². The van der Waals surface area contributed by atoms with E-state index in [0.29, 0.717) is 54.3 Å². The molecule has 6 heterocycles. The lowest BCUT2D eigenvalue weighted by molar-refractivity contribution is 0.0973. The molecule has 5 N–H and O–H groups in total. The van der Waals surface area contributed by atoms with Crippen LogP contribution in [-0.2, 0) is 16.1 Å². The summed E-state index contributed by atoms with van der Waals surface area (Å²) >= 11 is 1.42. The van der Waals surface area contributed by atoms with Crippen LogP contribution in [0.5, 0.6) is 5.75 Å². The highest BCUT2D eigenvalue weighted by molar-refractivity contribution is 7.99. The Morgan fingerprint density at radius 1 is 1.32 bits per heavy atom. The Labute approximate surface area is 225 Å². The highest BCUT2D eigenvalue weighted by Crippen LogP contribution is 2.45. The van der Waals surface area contributed by atoms with Crippen LogP contribution in [-0.4, -0.2) is 83.3 Å². The van der Waals surface area contributed by atoms with Crippen molar-refractivity contribution in [1.82, 2.24) is 15.0 Å². The number of rotatable bonds is 5. The zero-order valence-corrected chi connectivity index (χ0v) is 22.1. The Bertz CT molecular complexity index is 1210. The van der Waals surface area contributed by atoms with Crippen molar-refractivity contribution < 1.29 is 24.1 Å². The lowest BCUT2D eigenvalue weighted by atomic mass is 9.73. The molecule has 204 valence electrons. The van der Waals surface area contributed by atoms with E-state index in [4.69, 9.17) is 35.6 Å². The molecule has 3 fully saturated rings. The first-order valence-corrected chi connectivity index (χ1v) is 13.8. The van der Waals surface area contributed by atoms with Crippen molar-refractivity contribution in [2.24, 2.45) is 16.9 Å². The molecule has 0 saturated carbocycles. The van der Waals surface area contributed by atoms with Gasteiger partial charge in [-0.15, -0.1) is 0 Å². The minimum Gasteiger partial charge on any atom is -0.486 e. The van der Waals surface area contributed by atoms with E-state index >= 15 is 0 Å². The number of hydrogen-bond donors (Lipinski definition) is 3. The molecule has 2 aromatic heterocycles. The molecule has 4 aliphatic heterocycles. The average molecular weight is 544 g/mol. The zero-order chi connectivity index (χ0) is 26.4. The molecule has 1 spiro atoms. The number of anilines is 2. The fourth-order valence-corrected chi connectivity index (χ4v) is 6.99. The summed E-state index contributed by atoms with van der Waals surface area (Å²) in [4.78, 5) is 30.3. The predicted molar refractivity (Wildman–Crippen MR) is 139 cm³/mol. The SMILES string of the molecule is C[C@@H]1OCC2(CCN(c3ncc(Sc4ccnc5c4OC[C@@H]4C[C@H](OC(N)=O)CN54)nc3CO)CC2)C1N. The van der Waals surface area contributed by atoms with Crippen molar-refractivity contribution >= 4 is 29.5 Å². The number of aliphatic hydroxyl groups excluding tert-OH is 1. The predicted octanol–water partition coefficient (Wildman–Crippen LogP) is 1.28. The quantitative estimate of drug-likeness (QED) is 0.496. The fourth-order valence-electron chi connectivity index (χ4n) is 6.13. The number of carbonyl (C=O) groups is 1. The normalized spacial score (nSPS) is 27.7. The number of fused-ring (bicyclic) bond motifs is 3. The second-order valence-electron chi connectivity index (χ2n) is 10.5. The average Bonchev–Trinajstić information content (AvgIpc) is 3.45. The van der Waals surface area contributed by atoms with Gasteiger partial charge in [0.15, 0.2) is 17.4 Å². The standard InChI is InChI=1S/C25H33N7O5S/c1-14-21(26)25(13-36-14)3-6-31(7-4-25)22-17(11-33)30-19(9-29-22)38-18-2-5-28-23-20(18)35-12-15-8-16(10-32(15)23)37-24(27)34/h2,5,9,14-16,21,33H,3-4,6-8,10-13,26H2,1H3,(H2,27,34)/t14-,15-,16-,21?/m0/s1. The van der Waals surface area contributed by atoms with E-state index in [1.165, 1.54) is 11.8 Å². The number of amides is 1. The van der Waals surface area contributed by atoms with Crippen molar-refractivity contribution in [3.05, 3.63) is 24.2 Å². The molecule has 1 unspecified atom stereocenters. The molecular weight excluding hydrogens is 510 g/mol.